The molecule has 1 saturated carbocycles. The highest BCUT2D eigenvalue weighted by molar-refractivity contribution is 5.13. The zero-order valence-electron chi connectivity index (χ0n) is 12.7. The summed E-state index contributed by atoms with van der Waals surface area (Å²) in [5.41, 5.74) is -0.272. The average molecular weight is 251 g/mol. The van der Waals surface area contributed by atoms with Gasteiger partial charge in [-0.05, 0) is 52.1 Å². The maximum atomic E-state index is 9.46. The SMILES string of the molecule is CCCNC1(C#N)CCC(N(C)C(C)C(C)C)C1. The lowest BCUT2D eigenvalue weighted by Gasteiger charge is -2.34. The first-order chi connectivity index (χ1) is 8.45. The first kappa shape index (κ1) is 15.5. The van der Waals surface area contributed by atoms with E-state index in [1.165, 1.54) is 0 Å². The fourth-order valence-corrected chi connectivity index (χ4v) is 2.84. The van der Waals surface area contributed by atoms with E-state index in [4.69, 9.17) is 0 Å². The second-order valence-electron chi connectivity index (χ2n) is 6.17. The molecule has 3 atom stereocenters. The number of hydrogen-bond acceptors (Lipinski definition) is 3. The van der Waals surface area contributed by atoms with Gasteiger partial charge in [-0.1, -0.05) is 20.8 Å². The van der Waals surface area contributed by atoms with Crippen LogP contribution >= 0.6 is 0 Å². The Morgan fingerprint density at radius 3 is 2.61 bits per heavy atom. The van der Waals surface area contributed by atoms with Crippen molar-refractivity contribution in [1.82, 2.24) is 10.2 Å². The van der Waals surface area contributed by atoms with Crippen molar-refractivity contribution in [2.45, 2.75) is 71.0 Å². The van der Waals surface area contributed by atoms with Crippen LogP contribution in [-0.4, -0.2) is 36.1 Å². The molecule has 0 amide bonds. The van der Waals surface area contributed by atoms with Crippen LogP contribution in [0.1, 0.15) is 53.4 Å². The number of hydrogen-bond donors (Lipinski definition) is 1. The molecule has 1 aliphatic carbocycles. The predicted molar refractivity (Wildman–Crippen MR) is 76.3 cm³/mol. The van der Waals surface area contributed by atoms with E-state index in [0.717, 1.165) is 32.2 Å². The van der Waals surface area contributed by atoms with Crippen LogP contribution < -0.4 is 5.32 Å². The molecule has 0 bridgehead atoms. The van der Waals surface area contributed by atoms with Gasteiger partial charge in [-0.15, -0.1) is 0 Å². The van der Waals surface area contributed by atoms with E-state index in [2.05, 4.69) is 51.0 Å². The third-order valence-corrected chi connectivity index (χ3v) is 4.60. The summed E-state index contributed by atoms with van der Waals surface area (Å²) in [6, 6.07) is 3.65. The van der Waals surface area contributed by atoms with Crippen molar-refractivity contribution in [3.05, 3.63) is 0 Å². The first-order valence-electron chi connectivity index (χ1n) is 7.34. The van der Waals surface area contributed by atoms with Crippen molar-refractivity contribution in [1.29, 1.82) is 5.26 Å². The molecular formula is C15H29N3. The predicted octanol–water partition coefficient (Wildman–Crippen LogP) is 2.78. The Kier molecular flexibility index (Phi) is 5.62. The Labute approximate surface area is 113 Å². The molecule has 3 nitrogen and oxygen atoms in total. The normalized spacial score (nSPS) is 29.8. The second-order valence-corrected chi connectivity index (χ2v) is 6.17. The van der Waals surface area contributed by atoms with Crippen LogP contribution in [-0.2, 0) is 0 Å². The molecule has 0 heterocycles. The standard InChI is InChI=1S/C15H29N3/c1-6-9-17-15(11-16)8-7-14(10-15)18(5)13(4)12(2)3/h12-14,17H,6-10H2,1-5H3. The molecule has 3 unspecified atom stereocenters. The lowest BCUT2D eigenvalue weighted by atomic mass is 9.98. The van der Waals surface area contributed by atoms with Crippen LogP contribution in [0.5, 0.6) is 0 Å². The van der Waals surface area contributed by atoms with E-state index in [-0.39, 0.29) is 5.54 Å². The maximum Gasteiger partial charge on any atom is 0.108 e. The summed E-state index contributed by atoms with van der Waals surface area (Å²) >= 11 is 0. The Morgan fingerprint density at radius 1 is 1.44 bits per heavy atom. The van der Waals surface area contributed by atoms with Crippen LogP contribution in [0, 0.1) is 17.2 Å². The first-order valence-corrected chi connectivity index (χ1v) is 7.34. The third-order valence-electron chi connectivity index (χ3n) is 4.60. The van der Waals surface area contributed by atoms with Crippen LogP contribution in [0.25, 0.3) is 0 Å². The number of nitriles is 1. The van der Waals surface area contributed by atoms with Gasteiger partial charge in [-0.25, -0.2) is 0 Å². The molecule has 0 aromatic rings. The Balaban J connectivity index is 2.61. The minimum absolute atomic E-state index is 0.272. The Hall–Kier alpha value is -0.590. The zero-order valence-corrected chi connectivity index (χ0v) is 12.7. The molecule has 3 heteroatoms. The van der Waals surface area contributed by atoms with Crippen molar-refractivity contribution in [2.24, 2.45) is 5.92 Å². The van der Waals surface area contributed by atoms with E-state index in [1.807, 2.05) is 0 Å². The topological polar surface area (TPSA) is 39.1 Å². The summed E-state index contributed by atoms with van der Waals surface area (Å²) < 4.78 is 0. The van der Waals surface area contributed by atoms with Crippen LogP contribution in [0.2, 0.25) is 0 Å². The van der Waals surface area contributed by atoms with Crippen molar-refractivity contribution >= 4 is 0 Å². The molecular weight excluding hydrogens is 222 g/mol. The zero-order chi connectivity index (χ0) is 13.8. The van der Waals surface area contributed by atoms with Gasteiger partial charge < -0.3 is 4.90 Å². The van der Waals surface area contributed by atoms with Gasteiger partial charge in [0.15, 0.2) is 0 Å². The highest BCUT2D eigenvalue weighted by Crippen LogP contribution is 2.33. The summed E-state index contributed by atoms with van der Waals surface area (Å²) in [4.78, 5) is 2.47. The van der Waals surface area contributed by atoms with Gasteiger partial charge in [0.1, 0.15) is 5.54 Å². The van der Waals surface area contributed by atoms with Gasteiger partial charge in [-0.2, -0.15) is 5.26 Å². The quantitative estimate of drug-likeness (QED) is 0.789. The largest absolute Gasteiger partial charge is 0.300 e. The molecule has 104 valence electrons. The minimum Gasteiger partial charge on any atom is -0.300 e. The maximum absolute atomic E-state index is 9.46. The van der Waals surface area contributed by atoms with E-state index >= 15 is 0 Å². The van der Waals surface area contributed by atoms with Crippen LogP contribution in [0.4, 0.5) is 0 Å². The van der Waals surface area contributed by atoms with E-state index in [1.54, 1.807) is 0 Å². The Morgan fingerprint density at radius 2 is 2.11 bits per heavy atom. The van der Waals surface area contributed by atoms with Crippen molar-refractivity contribution in [3.63, 3.8) is 0 Å². The lowest BCUT2D eigenvalue weighted by molar-refractivity contribution is 0.146. The summed E-state index contributed by atoms with van der Waals surface area (Å²) in [7, 11) is 2.21. The highest BCUT2D eigenvalue weighted by Gasteiger charge is 2.41. The molecule has 0 spiro atoms. The molecule has 0 aliphatic heterocycles. The second kappa shape index (κ2) is 6.54. The summed E-state index contributed by atoms with van der Waals surface area (Å²) in [5, 5.41) is 12.9. The Bertz CT molecular complexity index is 295. The molecule has 1 aliphatic rings. The summed E-state index contributed by atoms with van der Waals surface area (Å²) in [6.45, 7) is 9.92. The fourth-order valence-electron chi connectivity index (χ4n) is 2.84. The molecule has 1 N–H and O–H groups in total. The lowest BCUT2D eigenvalue weighted by Crippen LogP contribution is -2.45. The van der Waals surface area contributed by atoms with Gasteiger partial charge in [0.25, 0.3) is 0 Å². The summed E-state index contributed by atoms with van der Waals surface area (Å²) in [5.74, 6) is 0.663. The van der Waals surface area contributed by atoms with Gasteiger partial charge in [-0.3, -0.25) is 5.32 Å². The molecule has 0 saturated heterocycles. The molecule has 1 fully saturated rings. The minimum atomic E-state index is -0.272. The molecule has 0 aromatic carbocycles. The monoisotopic (exact) mass is 251 g/mol. The number of nitrogens with zero attached hydrogens (tertiary/aromatic N) is 2. The van der Waals surface area contributed by atoms with Crippen molar-refractivity contribution in [3.8, 4) is 6.07 Å². The van der Waals surface area contributed by atoms with Crippen LogP contribution in [0.15, 0.2) is 0 Å². The van der Waals surface area contributed by atoms with Gasteiger partial charge in [0.05, 0.1) is 6.07 Å². The molecule has 0 aromatic heterocycles. The molecule has 1 rings (SSSR count). The van der Waals surface area contributed by atoms with Crippen molar-refractivity contribution in [2.75, 3.05) is 13.6 Å². The van der Waals surface area contributed by atoms with E-state index in [0.29, 0.717) is 18.0 Å². The average Bonchev–Trinajstić information content (AvgIpc) is 2.79. The summed E-state index contributed by atoms with van der Waals surface area (Å²) in [6.07, 6.45) is 4.19. The molecule has 18 heavy (non-hydrogen) atoms. The van der Waals surface area contributed by atoms with Gasteiger partial charge >= 0.3 is 0 Å². The fraction of sp³-hybridized carbons (Fsp3) is 0.933. The third kappa shape index (κ3) is 3.46. The van der Waals surface area contributed by atoms with Gasteiger partial charge in [0, 0.05) is 12.1 Å². The smallest absolute Gasteiger partial charge is 0.108 e. The van der Waals surface area contributed by atoms with E-state index in [9.17, 15) is 5.26 Å². The van der Waals surface area contributed by atoms with Gasteiger partial charge in [0.2, 0.25) is 0 Å². The van der Waals surface area contributed by atoms with Crippen molar-refractivity contribution < 1.29 is 0 Å². The van der Waals surface area contributed by atoms with Crippen LogP contribution in [0.3, 0.4) is 0 Å². The van der Waals surface area contributed by atoms with E-state index < -0.39 is 0 Å². The number of nitrogens with one attached hydrogen (secondary N) is 1. The number of rotatable bonds is 6. The highest BCUT2D eigenvalue weighted by atomic mass is 15.2. The molecule has 0 radical (unpaired) electrons.